The van der Waals surface area contributed by atoms with Gasteiger partial charge in [-0.2, -0.15) is 0 Å². The van der Waals surface area contributed by atoms with Crippen molar-refractivity contribution in [1.82, 2.24) is 5.32 Å². The van der Waals surface area contributed by atoms with Crippen molar-refractivity contribution in [1.29, 1.82) is 0 Å². The summed E-state index contributed by atoms with van der Waals surface area (Å²) in [4.78, 5) is 0. The molecule has 1 aliphatic rings. The molecule has 1 aliphatic carbocycles. The summed E-state index contributed by atoms with van der Waals surface area (Å²) in [6.45, 7) is 7.58. The minimum atomic E-state index is -0.634. The third kappa shape index (κ3) is 4.70. The number of nitrogens with one attached hydrogen (secondary N) is 1. The van der Waals surface area contributed by atoms with Gasteiger partial charge in [0.15, 0.2) is 0 Å². The van der Waals surface area contributed by atoms with E-state index in [2.05, 4.69) is 26.1 Å². The molecule has 0 saturated heterocycles. The summed E-state index contributed by atoms with van der Waals surface area (Å²) in [6.07, 6.45) is 7.48. The third-order valence-electron chi connectivity index (χ3n) is 3.88. The molecule has 1 N–H and O–H groups in total. The molecule has 4 unspecified atom stereocenters. The lowest BCUT2D eigenvalue weighted by atomic mass is 9.83. The minimum Gasteiger partial charge on any atom is -0.313 e. The third-order valence-corrected chi connectivity index (χ3v) is 5.64. The van der Waals surface area contributed by atoms with Crippen LogP contribution in [0.3, 0.4) is 0 Å². The van der Waals surface area contributed by atoms with Crippen LogP contribution >= 0.6 is 0 Å². The maximum absolute atomic E-state index is 12.2. The van der Waals surface area contributed by atoms with Gasteiger partial charge < -0.3 is 5.32 Å². The van der Waals surface area contributed by atoms with Crippen molar-refractivity contribution in [2.24, 2.45) is 5.92 Å². The lowest BCUT2D eigenvalue weighted by Gasteiger charge is -2.36. The second-order valence-corrected chi connectivity index (χ2v) is 7.18. The van der Waals surface area contributed by atoms with Crippen molar-refractivity contribution < 1.29 is 4.21 Å². The molecule has 0 aliphatic heterocycles. The Hall–Kier alpha value is 0.110. The molecule has 17 heavy (non-hydrogen) atoms. The predicted molar refractivity (Wildman–Crippen MR) is 76.8 cm³/mol. The monoisotopic (exact) mass is 259 g/mol. The summed E-state index contributed by atoms with van der Waals surface area (Å²) >= 11 is 0. The van der Waals surface area contributed by atoms with Crippen molar-refractivity contribution in [3.63, 3.8) is 0 Å². The highest BCUT2D eigenvalue weighted by atomic mass is 32.2. The van der Waals surface area contributed by atoms with Crippen molar-refractivity contribution in [2.45, 2.75) is 70.6 Å². The van der Waals surface area contributed by atoms with Gasteiger partial charge in [0.1, 0.15) is 0 Å². The zero-order valence-electron chi connectivity index (χ0n) is 11.7. The van der Waals surface area contributed by atoms with Gasteiger partial charge >= 0.3 is 0 Å². The standard InChI is InChI=1S/C14H29NOS/c1-4-7-12-8-9-13(15-10-5-2)14(11-12)17(16)6-3/h12-15H,4-11H2,1-3H3. The van der Waals surface area contributed by atoms with Gasteiger partial charge in [0.25, 0.3) is 0 Å². The second kappa shape index (κ2) is 8.25. The smallest absolute Gasteiger partial charge is 0.0503 e. The van der Waals surface area contributed by atoms with Crippen molar-refractivity contribution in [3.05, 3.63) is 0 Å². The Balaban J connectivity index is 2.55. The molecule has 0 aromatic rings. The second-order valence-electron chi connectivity index (χ2n) is 5.24. The van der Waals surface area contributed by atoms with E-state index in [1.807, 2.05) is 0 Å². The van der Waals surface area contributed by atoms with E-state index in [0.717, 1.165) is 18.2 Å². The molecule has 2 nitrogen and oxygen atoms in total. The molecule has 3 heteroatoms. The first kappa shape index (κ1) is 15.2. The zero-order chi connectivity index (χ0) is 12.7. The van der Waals surface area contributed by atoms with Gasteiger partial charge in [-0.3, -0.25) is 4.21 Å². The number of rotatable bonds is 7. The van der Waals surface area contributed by atoms with Crippen molar-refractivity contribution in [2.75, 3.05) is 12.3 Å². The van der Waals surface area contributed by atoms with E-state index in [0.29, 0.717) is 11.3 Å². The van der Waals surface area contributed by atoms with Crippen molar-refractivity contribution >= 4 is 10.8 Å². The van der Waals surface area contributed by atoms with E-state index in [9.17, 15) is 4.21 Å². The predicted octanol–water partition coefficient (Wildman–Crippen LogP) is 3.09. The molecular weight excluding hydrogens is 230 g/mol. The fourth-order valence-electron chi connectivity index (χ4n) is 2.95. The molecule has 1 saturated carbocycles. The summed E-state index contributed by atoms with van der Waals surface area (Å²) < 4.78 is 12.2. The Morgan fingerprint density at radius 2 is 1.94 bits per heavy atom. The van der Waals surface area contributed by atoms with Gasteiger partial charge in [-0.15, -0.1) is 0 Å². The van der Waals surface area contributed by atoms with Crippen molar-refractivity contribution in [3.8, 4) is 0 Å². The highest BCUT2D eigenvalue weighted by Gasteiger charge is 2.32. The first-order valence-electron chi connectivity index (χ1n) is 7.33. The molecule has 0 amide bonds. The van der Waals surface area contributed by atoms with Gasteiger partial charge in [-0.25, -0.2) is 0 Å². The Morgan fingerprint density at radius 3 is 2.53 bits per heavy atom. The van der Waals surface area contributed by atoms with Gasteiger partial charge in [0, 0.05) is 22.6 Å². The topological polar surface area (TPSA) is 29.1 Å². The Bertz CT molecular complexity index is 232. The van der Waals surface area contributed by atoms with E-state index in [-0.39, 0.29) is 0 Å². The van der Waals surface area contributed by atoms with Gasteiger partial charge in [0.2, 0.25) is 0 Å². The molecule has 4 atom stereocenters. The fraction of sp³-hybridized carbons (Fsp3) is 1.00. The summed E-state index contributed by atoms with van der Waals surface area (Å²) in [7, 11) is -0.634. The molecule has 0 spiro atoms. The van der Waals surface area contributed by atoms with Gasteiger partial charge in [0.05, 0.1) is 5.25 Å². The Kier molecular flexibility index (Phi) is 7.36. The molecule has 1 rings (SSSR count). The summed E-state index contributed by atoms with van der Waals surface area (Å²) in [6, 6.07) is 0.504. The average Bonchev–Trinajstić information content (AvgIpc) is 2.36. The lowest BCUT2D eigenvalue weighted by Crippen LogP contribution is -2.47. The van der Waals surface area contributed by atoms with Crippen LogP contribution in [0.25, 0.3) is 0 Å². The normalized spacial score (nSPS) is 31.4. The molecule has 0 heterocycles. The van der Waals surface area contributed by atoms with Crippen LogP contribution in [0.2, 0.25) is 0 Å². The molecule has 0 aromatic heterocycles. The number of hydrogen-bond donors (Lipinski definition) is 1. The quantitative estimate of drug-likeness (QED) is 0.761. The van der Waals surface area contributed by atoms with E-state index in [1.54, 1.807) is 0 Å². The summed E-state index contributed by atoms with van der Waals surface area (Å²) in [5.74, 6) is 1.63. The van der Waals surface area contributed by atoms with Gasteiger partial charge in [-0.05, 0) is 38.1 Å². The zero-order valence-corrected chi connectivity index (χ0v) is 12.5. The highest BCUT2D eigenvalue weighted by Crippen LogP contribution is 2.31. The lowest BCUT2D eigenvalue weighted by molar-refractivity contribution is 0.284. The van der Waals surface area contributed by atoms with Crippen LogP contribution in [0.5, 0.6) is 0 Å². The van der Waals surface area contributed by atoms with Crippen LogP contribution in [0.15, 0.2) is 0 Å². The largest absolute Gasteiger partial charge is 0.313 e. The fourth-order valence-corrected chi connectivity index (χ4v) is 4.46. The average molecular weight is 259 g/mol. The van der Waals surface area contributed by atoms with E-state index >= 15 is 0 Å². The molecule has 0 bridgehead atoms. The van der Waals surface area contributed by atoms with Crippen LogP contribution < -0.4 is 5.32 Å². The van der Waals surface area contributed by atoms with E-state index in [1.165, 1.54) is 38.5 Å². The summed E-state index contributed by atoms with van der Waals surface area (Å²) in [5.41, 5.74) is 0. The van der Waals surface area contributed by atoms with E-state index < -0.39 is 10.8 Å². The maximum Gasteiger partial charge on any atom is 0.0503 e. The van der Waals surface area contributed by atoms with Crippen LogP contribution in [0, 0.1) is 5.92 Å². The van der Waals surface area contributed by atoms with Crippen LogP contribution in [0.4, 0.5) is 0 Å². The van der Waals surface area contributed by atoms with E-state index in [4.69, 9.17) is 0 Å². The molecule has 0 radical (unpaired) electrons. The maximum atomic E-state index is 12.2. The number of hydrogen-bond acceptors (Lipinski definition) is 2. The SMILES string of the molecule is CCCNC1CCC(CCC)CC1S(=O)CC. The minimum absolute atomic E-state index is 0.400. The highest BCUT2D eigenvalue weighted by molar-refractivity contribution is 7.85. The Labute approximate surface area is 109 Å². The first-order chi connectivity index (χ1) is 8.22. The molecule has 102 valence electrons. The Morgan fingerprint density at radius 1 is 1.18 bits per heavy atom. The van der Waals surface area contributed by atoms with Crippen LogP contribution in [-0.4, -0.2) is 27.8 Å². The van der Waals surface area contributed by atoms with Crippen LogP contribution in [0.1, 0.15) is 59.3 Å². The van der Waals surface area contributed by atoms with Gasteiger partial charge in [-0.1, -0.05) is 33.6 Å². The first-order valence-corrected chi connectivity index (χ1v) is 8.71. The molecule has 1 fully saturated rings. The van der Waals surface area contributed by atoms with Crippen LogP contribution in [-0.2, 0) is 10.8 Å². The molecular formula is C14H29NOS. The summed E-state index contributed by atoms with van der Waals surface area (Å²) in [5, 5.41) is 4.01. The molecule has 0 aromatic carbocycles.